The van der Waals surface area contributed by atoms with Crippen LogP contribution in [0.15, 0.2) is 48.5 Å². The first kappa shape index (κ1) is 11.5. The lowest BCUT2D eigenvalue weighted by Crippen LogP contribution is -1.99. The Labute approximate surface area is 102 Å². The third kappa shape index (κ3) is 2.78. The van der Waals surface area contributed by atoms with Crippen molar-refractivity contribution in [3.8, 4) is 11.5 Å². The number of ether oxygens (including phenoxy) is 2. The van der Waals surface area contributed by atoms with E-state index in [-0.39, 0.29) is 0 Å². The lowest BCUT2D eigenvalue weighted by atomic mass is 10.1. The second-order valence-corrected chi connectivity index (χ2v) is 3.71. The Morgan fingerprint density at radius 2 is 1.59 bits per heavy atom. The largest absolute Gasteiger partial charge is 0.493 e. The average molecular weight is 227 g/mol. The Balaban J connectivity index is 2.10. The van der Waals surface area contributed by atoms with E-state index in [1.165, 1.54) is 0 Å². The number of hydrogen-bond donors (Lipinski definition) is 0. The Morgan fingerprint density at radius 3 is 2.29 bits per heavy atom. The fraction of sp³-hybridized carbons (Fsp3) is 0.133. The summed E-state index contributed by atoms with van der Waals surface area (Å²) in [6.07, 6.45) is 0. The normalized spacial score (nSPS) is 10.0. The molecule has 0 bridgehead atoms. The lowest BCUT2D eigenvalue weighted by molar-refractivity contribution is 0.284. The van der Waals surface area contributed by atoms with Crippen LogP contribution in [0, 0.1) is 6.92 Å². The molecule has 0 heterocycles. The number of rotatable bonds is 4. The minimum atomic E-state index is 0.500. The van der Waals surface area contributed by atoms with E-state index in [9.17, 15) is 0 Å². The van der Waals surface area contributed by atoms with Crippen LogP contribution in [0.5, 0.6) is 11.5 Å². The summed E-state index contributed by atoms with van der Waals surface area (Å²) in [5, 5.41) is 0. The molecule has 0 amide bonds. The van der Waals surface area contributed by atoms with Gasteiger partial charge in [-0.25, -0.2) is 0 Å². The first-order valence-corrected chi connectivity index (χ1v) is 5.47. The van der Waals surface area contributed by atoms with E-state index in [0.717, 1.165) is 22.6 Å². The van der Waals surface area contributed by atoms with Crippen LogP contribution < -0.4 is 9.47 Å². The summed E-state index contributed by atoms with van der Waals surface area (Å²) in [7, 11) is 1.64. The van der Waals surface area contributed by atoms with Gasteiger partial charge in [-0.05, 0) is 30.2 Å². The summed E-state index contributed by atoms with van der Waals surface area (Å²) < 4.78 is 11.0. The zero-order chi connectivity index (χ0) is 12.1. The molecule has 0 saturated carbocycles. The van der Waals surface area contributed by atoms with Crippen molar-refractivity contribution in [2.24, 2.45) is 0 Å². The van der Waals surface area contributed by atoms with Crippen LogP contribution in [-0.2, 0) is 6.61 Å². The van der Waals surface area contributed by atoms with Crippen LogP contribution in [-0.4, -0.2) is 7.11 Å². The molecule has 0 atom stereocenters. The summed E-state index contributed by atoms with van der Waals surface area (Å²) in [5.74, 6) is 1.49. The van der Waals surface area contributed by atoms with Gasteiger partial charge in [-0.15, -0.1) is 0 Å². The highest BCUT2D eigenvalue weighted by molar-refractivity contribution is 5.39. The zero-order valence-electron chi connectivity index (χ0n) is 9.85. The highest BCUT2D eigenvalue weighted by Gasteiger charge is 2.03. The maximum atomic E-state index is 5.73. The van der Waals surface area contributed by atoms with E-state index < -0.39 is 0 Å². The third-order valence-corrected chi connectivity index (χ3v) is 2.57. The quantitative estimate of drug-likeness (QED) is 0.796. The maximum Gasteiger partial charge on any atom is 0.161 e. The van der Waals surface area contributed by atoms with Gasteiger partial charge in [0.15, 0.2) is 11.5 Å². The Bertz CT molecular complexity index is 492. The molecule has 2 heteroatoms. The molecular weight excluding hydrogens is 212 g/mol. The van der Waals surface area contributed by atoms with Gasteiger partial charge in [0.1, 0.15) is 6.61 Å². The molecule has 0 N–H and O–H groups in total. The predicted molar refractivity (Wildman–Crippen MR) is 68.2 cm³/mol. The van der Waals surface area contributed by atoms with E-state index >= 15 is 0 Å². The third-order valence-electron chi connectivity index (χ3n) is 2.57. The maximum absolute atomic E-state index is 5.73. The number of para-hydroxylation sites is 2. The molecule has 2 aromatic carbocycles. The first-order chi connectivity index (χ1) is 8.31. The van der Waals surface area contributed by atoms with Crippen molar-refractivity contribution in [2.45, 2.75) is 6.61 Å². The Kier molecular flexibility index (Phi) is 3.66. The van der Waals surface area contributed by atoms with E-state index in [1.54, 1.807) is 7.11 Å². The van der Waals surface area contributed by atoms with Crippen molar-refractivity contribution in [1.82, 2.24) is 0 Å². The zero-order valence-corrected chi connectivity index (χ0v) is 9.85. The van der Waals surface area contributed by atoms with Crippen molar-refractivity contribution in [3.63, 3.8) is 0 Å². The monoisotopic (exact) mass is 227 g/mol. The van der Waals surface area contributed by atoms with Gasteiger partial charge in [0.2, 0.25) is 0 Å². The highest BCUT2D eigenvalue weighted by atomic mass is 16.5. The van der Waals surface area contributed by atoms with Gasteiger partial charge in [-0.1, -0.05) is 36.4 Å². The summed E-state index contributed by atoms with van der Waals surface area (Å²) in [6, 6.07) is 15.5. The fourth-order valence-corrected chi connectivity index (χ4v) is 1.59. The highest BCUT2D eigenvalue weighted by Crippen LogP contribution is 2.26. The fourth-order valence-electron chi connectivity index (χ4n) is 1.59. The van der Waals surface area contributed by atoms with Crippen molar-refractivity contribution < 1.29 is 9.47 Å². The summed E-state index contributed by atoms with van der Waals surface area (Å²) in [5.41, 5.74) is 2.07. The molecule has 87 valence electrons. The molecule has 2 nitrogen and oxygen atoms in total. The van der Waals surface area contributed by atoms with Gasteiger partial charge in [-0.3, -0.25) is 0 Å². The molecule has 0 unspecified atom stereocenters. The average Bonchev–Trinajstić information content (AvgIpc) is 2.38. The topological polar surface area (TPSA) is 18.5 Å². The van der Waals surface area contributed by atoms with Crippen LogP contribution in [0.3, 0.4) is 0 Å². The van der Waals surface area contributed by atoms with Crippen molar-refractivity contribution >= 4 is 0 Å². The van der Waals surface area contributed by atoms with E-state index in [1.807, 2.05) is 48.5 Å². The van der Waals surface area contributed by atoms with E-state index in [4.69, 9.17) is 9.47 Å². The van der Waals surface area contributed by atoms with Crippen LogP contribution in [0.25, 0.3) is 0 Å². The molecule has 1 radical (unpaired) electrons. The van der Waals surface area contributed by atoms with Crippen LogP contribution in [0.4, 0.5) is 0 Å². The molecule has 0 aliphatic carbocycles. The molecule has 0 aliphatic rings. The molecule has 2 aromatic rings. The van der Waals surface area contributed by atoms with Crippen LogP contribution in [0.2, 0.25) is 0 Å². The van der Waals surface area contributed by atoms with Gasteiger partial charge in [-0.2, -0.15) is 0 Å². The van der Waals surface area contributed by atoms with E-state index in [2.05, 4.69) is 6.92 Å². The molecule has 0 spiro atoms. The molecule has 0 saturated heterocycles. The van der Waals surface area contributed by atoms with Gasteiger partial charge < -0.3 is 9.47 Å². The first-order valence-electron chi connectivity index (χ1n) is 5.47. The molecule has 0 fully saturated rings. The van der Waals surface area contributed by atoms with Crippen LogP contribution >= 0.6 is 0 Å². The minimum absolute atomic E-state index is 0.500. The summed E-state index contributed by atoms with van der Waals surface area (Å²) >= 11 is 0. The number of benzene rings is 2. The SMILES string of the molecule is [CH2]c1ccccc1COc1ccccc1OC. The molecular formula is C15H15O2. The Hall–Kier alpha value is -1.96. The minimum Gasteiger partial charge on any atom is -0.493 e. The standard InChI is InChI=1S/C15H15O2/c1-12-7-3-4-8-13(12)11-17-15-10-6-5-9-14(15)16-2/h3-10H,1,11H2,2H3. The van der Waals surface area contributed by atoms with Crippen molar-refractivity contribution in [2.75, 3.05) is 7.11 Å². The number of hydrogen-bond acceptors (Lipinski definition) is 2. The lowest BCUT2D eigenvalue weighted by Gasteiger charge is -2.11. The summed E-state index contributed by atoms with van der Waals surface area (Å²) in [4.78, 5) is 0. The number of methoxy groups -OCH3 is 1. The second kappa shape index (κ2) is 5.39. The predicted octanol–water partition coefficient (Wildman–Crippen LogP) is 3.46. The summed E-state index contributed by atoms with van der Waals surface area (Å²) in [6.45, 7) is 4.46. The van der Waals surface area contributed by atoms with Gasteiger partial charge in [0.05, 0.1) is 7.11 Å². The van der Waals surface area contributed by atoms with Crippen molar-refractivity contribution in [1.29, 1.82) is 0 Å². The molecule has 2 rings (SSSR count). The van der Waals surface area contributed by atoms with E-state index in [0.29, 0.717) is 6.61 Å². The second-order valence-electron chi connectivity index (χ2n) is 3.71. The smallest absolute Gasteiger partial charge is 0.161 e. The van der Waals surface area contributed by atoms with Gasteiger partial charge in [0.25, 0.3) is 0 Å². The van der Waals surface area contributed by atoms with Gasteiger partial charge in [0, 0.05) is 0 Å². The molecule has 0 aliphatic heterocycles. The van der Waals surface area contributed by atoms with Crippen LogP contribution in [0.1, 0.15) is 11.1 Å². The molecule has 17 heavy (non-hydrogen) atoms. The van der Waals surface area contributed by atoms with Crippen molar-refractivity contribution in [3.05, 3.63) is 66.6 Å². The Morgan fingerprint density at radius 1 is 0.941 bits per heavy atom. The van der Waals surface area contributed by atoms with Gasteiger partial charge >= 0.3 is 0 Å². The molecule has 0 aromatic heterocycles.